The topological polar surface area (TPSA) is 9.23 Å². The van der Waals surface area contributed by atoms with Crippen molar-refractivity contribution in [3.8, 4) is 0 Å². The van der Waals surface area contributed by atoms with Gasteiger partial charge in [0.15, 0.2) is 0 Å². The highest BCUT2D eigenvalue weighted by atomic mass is 32.2. The Kier molecular flexibility index (Phi) is 1.62. The number of thioether (sulfide) groups is 1. The third-order valence-electron chi connectivity index (χ3n) is 2.65. The van der Waals surface area contributed by atoms with Gasteiger partial charge in [-0.1, -0.05) is 17.7 Å². The van der Waals surface area contributed by atoms with Gasteiger partial charge in [0.25, 0.3) is 0 Å². The molecule has 2 heterocycles. The van der Waals surface area contributed by atoms with E-state index in [9.17, 15) is 0 Å². The second kappa shape index (κ2) is 2.81. The minimum absolute atomic E-state index is 0.481. The molecule has 0 aromatic heterocycles. The largest absolute Gasteiger partial charge is 0.469 e. The van der Waals surface area contributed by atoms with Crippen molar-refractivity contribution in [1.29, 1.82) is 0 Å². The summed E-state index contributed by atoms with van der Waals surface area (Å²) in [5.41, 5.74) is 1.52. The van der Waals surface area contributed by atoms with Crippen LogP contribution in [0.25, 0.3) is 0 Å². The zero-order chi connectivity index (χ0) is 8.67. The molecule has 13 heavy (non-hydrogen) atoms. The molecular weight excluding hydrogens is 180 g/mol. The molecule has 2 aliphatic heterocycles. The number of allylic oxidation sites excluding steroid dienone is 4. The van der Waals surface area contributed by atoms with Crippen molar-refractivity contribution in [3.63, 3.8) is 0 Å². The summed E-state index contributed by atoms with van der Waals surface area (Å²) in [5, 5.41) is 2.79. The van der Waals surface area contributed by atoms with Crippen LogP contribution in [0.3, 0.4) is 0 Å². The van der Waals surface area contributed by atoms with Crippen LogP contribution in [0.2, 0.25) is 0 Å². The first kappa shape index (κ1) is 7.51. The Hall–Kier alpha value is -0.890. The molecule has 0 amide bonds. The van der Waals surface area contributed by atoms with E-state index in [1.807, 2.05) is 18.0 Å². The Morgan fingerprint density at radius 3 is 3.38 bits per heavy atom. The second-order valence-electron chi connectivity index (χ2n) is 3.42. The van der Waals surface area contributed by atoms with Gasteiger partial charge in [0.1, 0.15) is 5.76 Å². The maximum Gasteiger partial charge on any atom is 0.112 e. The monoisotopic (exact) mass is 190 g/mol. The Morgan fingerprint density at radius 1 is 1.38 bits per heavy atom. The van der Waals surface area contributed by atoms with Crippen LogP contribution in [0.15, 0.2) is 47.3 Å². The van der Waals surface area contributed by atoms with E-state index in [0.29, 0.717) is 11.2 Å². The minimum Gasteiger partial charge on any atom is -0.469 e. The zero-order valence-corrected chi connectivity index (χ0v) is 7.96. The van der Waals surface area contributed by atoms with E-state index >= 15 is 0 Å². The van der Waals surface area contributed by atoms with Gasteiger partial charge in [0, 0.05) is 5.25 Å². The lowest BCUT2D eigenvalue weighted by atomic mass is 9.91. The van der Waals surface area contributed by atoms with E-state index in [4.69, 9.17) is 4.74 Å². The quantitative estimate of drug-likeness (QED) is 0.580. The molecule has 3 rings (SSSR count). The van der Waals surface area contributed by atoms with Crippen molar-refractivity contribution in [1.82, 2.24) is 0 Å². The second-order valence-corrected chi connectivity index (χ2v) is 4.47. The lowest BCUT2D eigenvalue weighted by molar-refractivity contribution is 0.341. The van der Waals surface area contributed by atoms with Crippen LogP contribution in [0.5, 0.6) is 0 Å². The van der Waals surface area contributed by atoms with Crippen LogP contribution in [0.4, 0.5) is 0 Å². The van der Waals surface area contributed by atoms with Crippen LogP contribution in [-0.4, -0.2) is 5.25 Å². The van der Waals surface area contributed by atoms with Gasteiger partial charge in [-0.15, -0.1) is 11.8 Å². The van der Waals surface area contributed by atoms with Crippen molar-refractivity contribution in [3.05, 3.63) is 47.3 Å². The van der Waals surface area contributed by atoms with Crippen LogP contribution >= 0.6 is 11.8 Å². The van der Waals surface area contributed by atoms with Crippen LogP contribution in [-0.2, 0) is 4.74 Å². The van der Waals surface area contributed by atoms with Gasteiger partial charge < -0.3 is 4.74 Å². The summed E-state index contributed by atoms with van der Waals surface area (Å²) >= 11 is 1.90. The molecule has 2 atom stereocenters. The first-order valence-electron chi connectivity index (χ1n) is 4.49. The Bertz CT molecular complexity index is 349. The van der Waals surface area contributed by atoms with E-state index in [2.05, 4.69) is 29.7 Å². The highest BCUT2D eigenvalue weighted by molar-refractivity contribution is 8.03. The van der Waals surface area contributed by atoms with Crippen molar-refractivity contribution in [2.75, 3.05) is 0 Å². The molecule has 0 saturated carbocycles. The SMILES string of the molecule is C1=CSC2C(=CC=C3OC=CC32)C1. The number of hydrogen-bond acceptors (Lipinski definition) is 2. The lowest BCUT2D eigenvalue weighted by Crippen LogP contribution is -2.21. The van der Waals surface area contributed by atoms with Crippen molar-refractivity contribution < 1.29 is 4.74 Å². The third-order valence-corrected chi connectivity index (χ3v) is 3.89. The summed E-state index contributed by atoms with van der Waals surface area (Å²) in [6.07, 6.45) is 11.6. The fourth-order valence-electron chi connectivity index (χ4n) is 1.97. The maximum absolute atomic E-state index is 5.40. The summed E-state index contributed by atoms with van der Waals surface area (Å²) in [6.45, 7) is 0. The van der Waals surface area contributed by atoms with Crippen LogP contribution < -0.4 is 0 Å². The molecule has 0 bridgehead atoms. The van der Waals surface area contributed by atoms with Gasteiger partial charge in [-0.3, -0.25) is 0 Å². The smallest absolute Gasteiger partial charge is 0.112 e. The van der Waals surface area contributed by atoms with E-state index in [1.54, 1.807) is 0 Å². The fourth-order valence-corrected chi connectivity index (χ4v) is 3.09. The number of ether oxygens (including phenoxy) is 1. The molecule has 0 aromatic rings. The number of hydrogen-bond donors (Lipinski definition) is 0. The van der Waals surface area contributed by atoms with Gasteiger partial charge in [0.05, 0.1) is 12.2 Å². The lowest BCUT2D eigenvalue weighted by Gasteiger charge is -2.28. The molecule has 0 aromatic carbocycles. The van der Waals surface area contributed by atoms with Gasteiger partial charge in [0.2, 0.25) is 0 Å². The number of rotatable bonds is 0. The average molecular weight is 190 g/mol. The molecule has 66 valence electrons. The highest BCUT2D eigenvalue weighted by Crippen LogP contribution is 2.42. The van der Waals surface area contributed by atoms with Crippen LogP contribution in [0, 0.1) is 5.92 Å². The predicted octanol–water partition coefficient (Wildman–Crippen LogP) is 2.99. The molecule has 0 N–H and O–H groups in total. The molecule has 1 nitrogen and oxygen atoms in total. The summed E-state index contributed by atoms with van der Waals surface area (Å²) < 4.78 is 5.40. The molecule has 0 saturated heterocycles. The molecule has 2 heteroatoms. The number of fused-ring (bicyclic) bond motifs is 3. The Balaban J connectivity index is 2.01. The zero-order valence-electron chi connectivity index (χ0n) is 7.14. The van der Waals surface area contributed by atoms with Crippen molar-refractivity contribution in [2.24, 2.45) is 5.92 Å². The van der Waals surface area contributed by atoms with E-state index in [1.165, 1.54) is 5.57 Å². The molecule has 3 aliphatic rings. The molecule has 1 aliphatic carbocycles. The molecule has 0 spiro atoms. The fraction of sp³-hybridized carbons (Fsp3) is 0.273. The summed E-state index contributed by atoms with van der Waals surface area (Å²) in [6, 6.07) is 0. The van der Waals surface area contributed by atoms with Crippen molar-refractivity contribution >= 4 is 11.8 Å². The first-order chi connectivity index (χ1) is 6.45. The Morgan fingerprint density at radius 2 is 2.38 bits per heavy atom. The first-order valence-corrected chi connectivity index (χ1v) is 5.44. The average Bonchev–Trinajstić information content (AvgIpc) is 2.65. The Labute approximate surface area is 81.8 Å². The normalized spacial score (nSPS) is 34.5. The predicted molar refractivity (Wildman–Crippen MR) is 55.0 cm³/mol. The third kappa shape index (κ3) is 1.09. The summed E-state index contributed by atoms with van der Waals surface area (Å²) in [4.78, 5) is 0. The van der Waals surface area contributed by atoms with Crippen LogP contribution in [0.1, 0.15) is 6.42 Å². The summed E-state index contributed by atoms with van der Waals surface area (Å²) in [5.74, 6) is 1.59. The molecule has 0 fully saturated rings. The highest BCUT2D eigenvalue weighted by Gasteiger charge is 2.32. The van der Waals surface area contributed by atoms with E-state index in [-0.39, 0.29) is 0 Å². The molecule has 0 radical (unpaired) electrons. The summed E-state index contributed by atoms with van der Waals surface area (Å²) in [7, 11) is 0. The van der Waals surface area contributed by atoms with Crippen molar-refractivity contribution in [2.45, 2.75) is 11.7 Å². The standard InChI is InChI=1S/C11H10OS/c1-2-8-3-4-10-9(5-6-12-10)11(8)13-7-1/h1,3-7,9,11H,2H2. The van der Waals surface area contributed by atoms with E-state index < -0.39 is 0 Å². The van der Waals surface area contributed by atoms with Gasteiger partial charge in [-0.25, -0.2) is 0 Å². The van der Waals surface area contributed by atoms with Gasteiger partial charge in [-0.2, -0.15) is 0 Å². The van der Waals surface area contributed by atoms with E-state index in [0.717, 1.165) is 12.2 Å². The molecule has 2 unspecified atom stereocenters. The maximum atomic E-state index is 5.40. The molecular formula is C11H10OS. The van der Waals surface area contributed by atoms with Gasteiger partial charge in [-0.05, 0) is 24.0 Å². The minimum atomic E-state index is 0.481. The van der Waals surface area contributed by atoms with Gasteiger partial charge >= 0.3 is 0 Å².